The fourth-order valence-electron chi connectivity index (χ4n) is 1.22. The van der Waals surface area contributed by atoms with Gasteiger partial charge in [-0.15, -0.1) is 0 Å². The molecule has 0 atom stereocenters. The van der Waals surface area contributed by atoms with Crippen molar-refractivity contribution < 1.29 is 9.90 Å². The lowest BCUT2D eigenvalue weighted by Crippen LogP contribution is -1.95. The highest BCUT2D eigenvalue weighted by atomic mass is 32.2. The van der Waals surface area contributed by atoms with Gasteiger partial charge in [-0.1, -0.05) is 24.8 Å². The van der Waals surface area contributed by atoms with Gasteiger partial charge in [0.1, 0.15) is 5.82 Å². The van der Waals surface area contributed by atoms with Crippen molar-refractivity contribution in [2.75, 3.05) is 0 Å². The lowest BCUT2D eigenvalue weighted by molar-refractivity contribution is 0.0696. The van der Waals surface area contributed by atoms with Crippen LogP contribution in [0.2, 0.25) is 0 Å². The van der Waals surface area contributed by atoms with Crippen LogP contribution in [0.15, 0.2) is 33.5 Å². The van der Waals surface area contributed by atoms with Gasteiger partial charge in [0.05, 0.1) is 5.56 Å². The lowest BCUT2D eigenvalue weighted by atomic mass is 10.2. The molecule has 2 aromatic rings. The Bertz CT molecular complexity index is 540. The van der Waals surface area contributed by atoms with Crippen LogP contribution in [-0.2, 0) is 6.42 Å². The molecule has 0 spiro atoms. The van der Waals surface area contributed by atoms with E-state index in [1.165, 1.54) is 23.3 Å². The molecule has 1 heterocycles. The van der Waals surface area contributed by atoms with Gasteiger partial charge in [0.15, 0.2) is 4.34 Å². The first-order valence-corrected chi connectivity index (χ1v) is 6.62. The zero-order valence-electron chi connectivity index (χ0n) is 9.08. The van der Waals surface area contributed by atoms with Gasteiger partial charge in [0.2, 0.25) is 0 Å². The van der Waals surface area contributed by atoms with E-state index in [0.717, 1.165) is 21.5 Å². The molecule has 6 heteroatoms. The Morgan fingerprint density at radius 2 is 2.35 bits per heavy atom. The third-order valence-electron chi connectivity index (χ3n) is 2.05. The number of carboxylic acids is 1. The molecule has 0 aliphatic rings. The maximum atomic E-state index is 10.8. The molecule has 0 unspecified atom stereocenters. The Kier molecular flexibility index (Phi) is 3.75. The summed E-state index contributed by atoms with van der Waals surface area (Å²) in [6.45, 7) is 2.00. The van der Waals surface area contributed by atoms with E-state index in [-0.39, 0.29) is 5.56 Å². The van der Waals surface area contributed by atoms with Gasteiger partial charge in [-0.3, -0.25) is 0 Å². The second-order valence-corrected chi connectivity index (χ2v) is 5.34. The lowest BCUT2D eigenvalue weighted by Gasteiger charge is -1.98. The van der Waals surface area contributed by atoms with Crippen molar-refractivity contribution in [3.63, 3.8) is 0 Å². The van der Waals surface area contributed by atoms with Crippen molar-refractivity contribution in [2.45, 2.75) is 22.6 Å². The first-order valence-electron chi connectivity index (χ1n) is 5.03. The maximum absolute atomic E-state index is 10.8. The van der Waals surface area contributed by atoms with E-state index in [9.17, 15) is 4.79 Å². The van der Waals surface area contributed by atoms with Crippen LogP contribution >= 0.6 is 23.3 Å². The molecule has 1 aromatic carbocycles. The number of rotatable bonds is 4. The number of benzene rings is 1. The van der Waals surface area contributed by atoms with Crippen LogP contribution in [0.25, 0.3) is 0 Å². The molecule has 0 saturated heterocycles. The number of hydrogen-bond donors (Lipinski definition) is 1. The van der Waals surface area contributed by atoms with E-state index in [1.54, 1.807) is 18.2 Å². The normalized spacial score (nSPS) is 10.4. The minimum atomic E-state index is -0.918. The van der Waals surface area contributed by atoms with Crippen molar-refractivity contribution in [1.29, 1.82) is 0 Å². The average Bonchev–Trinajstić information content (AvgIpc) is 2.77. The number of carbonyl (C=O) groups is 1. The number of nitrogens with zero attached hydrogens (tertiary/aromatic N) is 2. The van der Waals surface area contributed by atoms with E-state index < -0.39 is 5.97 Å². The number of carboxylic acid groups (broad SMARTS) is 1. The summed E-state index contributed by atoms with van der Waals surface area (Å²) >= 11 is 2.77. The predicted octanol–water partition coefficient (Wildman–Crippen LogP) is 2.95. The summed E-state index contributed by atoms with van der Waals surface area (Å²) < 4.78 is 5.02. The molecule has 1 aromatic heterocycles. The van der Waals surface area contributed by atoms with Gasteiger partial charge in [-0.2, -0.15) is 4.37 Å². The second kappa shape index (κ2) is 5.29. The third-order valence-corrected chi connectivity index (χ3v) is 3.83. The SMILES string of the molecule is CCc1nsc(Sc2cccc(C(=O)O)c2)n1. The molecule has 2 rings (SSSR count). The molecule has 0 aliphatic carbocycles. The smallest absolute Gasteiger partial charge is 0.335 e. The van der Waals surface area contributed by atoms with Gasteiger partial charge in [0, 0.05) is 11.3 Å². The predicted molar refractivity (Wildman–Crippen MR) is 66.8 cm³/mol. The number of aryl methyl sites for hydroxylation is 1. The van der Waals surface area contributed by atoms with Gasteiger partial charge in [-0.05, 0) is 29.7 Å². The first kappa shape index (κ1) is 12.1. The summed E-state index contributed by atoms with van der Waals surface area (Å²) in [6, 6.07) is 6.81. The maximum Gasteiger partial charge on any atom is 0.335 e. The van der Waals surface area contributed by atoms with Crippen molar-refractivity contribution in [1.82, 2.24) is 9.36 Å². The Balaban J connectivity index is 2.18. The van der Waals surface area contributed by atoms with Crippen molar-refractivity contribution in [3.8, 4) is 0 Å². The fourth-order valence-corrected chi connectivity index (χ4v) is 2.95. The quantitative estimate of drug-likeness (QED) is 0.921. The van der Waals surface area contributed by atoms with Crippen LogP contribution in [0.4, 0.5) is 0 Å². The summed E-state index contributed by atoms with van der Waals surface area (Å²) in [4.78, 5) is 16.0. The third kappa shape index (κ3) is 3.04. The summed E-state index contributed by atoms with van der Waals surface area (Å²) in [5.74, 6) is -0.0918. The van der Waals surface area contributed by atoms with Crippen LogP contribution in [-0.4, -0.2) is 20.4 Å². The number of aromatic carboxylic acids is 1. The van der Waals surface area contributed by atoms with Gasteiger partial charge in [-0.25, -0.2) is 9.78 Å². The summed E-state index contributed by atoms with van der Waals surface area (Å²) in [5, 5.41) is 8.88. The summed E-state index contributed by atoms with van der Waals surface area (Å²) in [7, 11) is 0. The van der Waals surface area contributed by atoms with Crippen LogP contribution in [0.3, 0.4) is 0 Å². The van der Waals surface area contributed by atoms with Gasteiger partial charge in [0.25, 0.3) is 0 Å². The number of aromatic nitrogens is 2. The van der Waals surface area contributed by atoms with Crippen molar-refractivity contribution >= 4 is 29.3 Å². The van der Waals surface area contributed by atoms with E-state index in [2.05, 4.69) is 9.36 Å². The van der Waals surface area contributed by atoms with E-state index in [0.29, 0.717) is 0 Å². The Labute approximate surface area is 107 Å². The minimum absolute atomic E-state index is 0.287. The largest absolute Gasteiger partial charge is 0.478 e. The van der Waals surface area contributed by atoms with E-state index in [1.807, 2.05) is 13.0 Å². The Hall–Kier alpha value is -1.40. The molecular weight excluding hydrogens is 256 g/mol. The minimum Gasteiger partial charge on any atom is -0.478 e. The van der Waals surface area contributed by atoms with Gasteiger partial charge < -0.3 is 5.11 Å². The molecule has 0 fully saturated rings. The Morgan fingerprint density at radius 1 is 1.53 bits per heavy atom. The molecule has 1 N–H and O–H groups in total. The zero-order valence-corrected chi connectivity index (χ0v) is 10.7. The van der Waals surface area contributed by atoms with Crippen molar-refractivity contribution in [3.05, 3.63) is 35.7 Å². The van der Waals surface area contributed by atoms with Gasteiger partial charge >= 0.3 is 5.97 Å². The monoisotopic (exact) mass is 266 g/mol. The molecule has 88 valence electrons. The topological polar surface area (TPSA) is 63.1 Å². The fraction of sp³-hybridized carbons (Fsp3) is 0.182. The van der Waals surface area contributed by atoms with Crippen LogP contribution < -0.4 is 0 Å². The van der Waals surface area contributed by atoms with Crippen LogP contribution in [0.1, 0.15) is 23.1 Å². The molecule has 17 heavy (non-hydrogen) atoms. The molecule has 0 bridgehead atoms. The highest BCUT2D eigenvalue weighted by molar-refractivity contribution is 8.01. The molecule has 0 radical (unpaired) electrons. The van der Waals surface area contributed by atoms with Crippen molar-refractivity contribution in [2.24, 2.45) is 0 Å². The van der Waals surface area contributed by atoms with Crippen LogP contribution in [0, 0.1) is 0 Å². The molecule has 0 saturated carbocycles. The van der Waals surface area contributed by atoms with E-state index >= 15 is 0 Å². The molecule has 0 amide bonds. The molecule has 4 nitrogen and oxygen atoms in total. The summed E-state index contributed by atoms with van der Waals surface area (Å²) in [5.41, 5.74) is 0.287. The molecule has 0 aliphatic heterocycles. The molecular formula is C11H10N2O2S2. The highest BCUT2D eigenvalue weighted by Gasteiger charge is 2.07. The highest BCUT2D eigenvalue weighted by Crippen LogP contribution is 2.29. The van der Waals surface area contributed by atoms with Crippen LogP contribution in [0.5, 0.6) is 0 Å². The number of hydrogen-bond acceptors (Lipinski definition) is 5. The average molecular weight is 266 g/mol. The first-order chi connectivity index (χ1) is 8.19. The summed E-state index contributed by atoms with van der Waals surface area (Å²) in [6.07, 6.45) is 0.812. The zero-order chi connectivity index (χ0) is 12.3. The Morgan fingerprint density at radius 3 is 3.00 bits per heavy atom. The van der Waals surface area contributed by atoms with E-state index in [4.69, 9.17) is 5.11 Å². The standard InChI is InChI=1S/C11H10N2O2S2/c1-2-9-12-11(17-13-9)16-8-5-3-4-7(6-8)10(14)15/h3-6H,2H2,1H3,(H,14,15). The second-order valence-electron chi connectivity index (χ2n) is 3.27.